The highest BCUT2D eigenvalue weighted by Gasteiger charge is 2.25. The van der Waals surface area contributed by atoms with Gasteiger partial charge in [0, 0.05) is 37.5 Å². The molecule has 1 saturated carbocycles. The first-order valence-electron chi connectivity index (χ1n) is 9.78. The lowest BCUT2D eigenvalue weighted by atomic mass is 10.1. The molecule has 0 amide bonds. The van der Waals surface area contributed by atoms with Crippen molar-refractivity contribution in [3.63, 3.8) is 0 Å². The molecule has 2 fully saturated rings. The summed E-state index contributed by atoms with van der Waals surface area (Å²) in [5.74, 6) is 2.21. The fourth-order valence-electron chi connectivity index (χ4n) is 3.60. The first kappa shape index (κ1) is 19.9. The lowest BCUT2D eigenvalue weighted by Crippen LogP contribution is -2.42. The van der Waals surface area contributed by atoms with E-state index in [-0.39, 0.29) is 6.10 Å². The Kier molecular flexibility index (Phi) is 9.28. The molecule has 2 atom stereocenters. The van der Waals surface area contributed by atoms with E-state index in [4.69, 9.17) is 4.99 Å². The third-order valence-electron chi connectivity index (χ3n) is 4.93. The number of nitrogens with one attached hydrogen (secondary N) is 2. The summed E-state index contributed by atoms with van der Waals surface area (Å²) in [7, 11) is 0. The van der Waals surface area contributed by atoms with Crippen LogP contribution in [0.3, 0.4) is 0 Å². The van der Waals surface area contributed by atoms with Crippen molar-refractivity contribution in [2.45, 2.75) is 69.8 Å². The normalized spacial score (nSPS) is 26.7. The van der Waals surface area contributed by atoms with Gasteiger partial charge >= 0.3 is 0 Å². The third-order valence-corrected chi connectivity index (χ3v) is 6.16. The highest BCUT2D eigenvalue weighted by atomic mass is 32.2. The van der Waals surface area contributed by atoms with Crippen molar-refractivity contribution in [1.29, 1.82) is 0 Å². The lowest BCUT2D eigenvalue weighted by molar-refractivity contribution is 0.0824. The van der Waals surface area contributed by atoms with Gasteiger partial charge in [-0.25, -0.2) is 0 Å². The van der Waals surface area contributed by atoms with E-state index in [1.54, 1.807) is 0 Å². The van der Waals surface area contributed by atoms with Crippen molar-refractivity contribution in [3.05, 3.63) is 0 Å². The summed E-state index contributed by atoms with van der Waals surface area (Å²) in [5, 5.41) is 17.4. The van der Waals surface area contributed by atoms with Crippen LogP contribution in [0.4, 0.5) is 0 Å². The first-order valence-corrected chi connectivity index (χ1v) is 10.8. The number of piperidine rings is 1. The van der Waals surface area contributed by atoms with Gasteiger partial charge in [0.25, 0.3) is 0 Å². The molecule has 1 aliphatic heterocycles. The molecule has 5 nitrogen and oxygen atoms in total. The van der Waals surface area contributed by atoms with Crippen LogP contribution in [-0.4, -0.2) is 71.8 Å². The van der Waals surface area contributed by atoms with Crippen LogP contribution < -0.4 is 10.6 Å². The fraction of sp³-hybridized carbons (Fsp3) is 0.944. The molecule has 2 rings (SSSR count). The molecule has 0 aromatic rings. The maximum atomic E-state index is 9.55. The molecule has 2 aliphatic rings. The summed E-state index contributed by atoms with van der Waals surface area (Å²) in [6.07, 6.45) is 6.71. The Morgan fingerprint density at radius 3 is 2.71 bits per heavy atom. The van der Waals surface area contributed by atoms with Gasteiger partial charge in [-0.1, -0.05) is 6.92 Å². The second-order valence-electron chi connectivity index (χ2n) is 6.92. The molecule has 1 aliphatic carbocycles. The molecular formula is C18H36N4OS. The standard InChI is InChI=1S/C18H36N4OS/c1-3-19-18(21-15-6-7-17(14-15)24-4-2)20-10-5-11-22-12-8-16(23)9-13-22/h15-17,23H,3-14H2,1-2H3,(H2,19,20,21). The molecule has 0 bridgehead atoms. The molecule has 140 valence electrons. The zero-order valence-corrected chi connectivity index (χ0v) is 16.3. The fourth-order valence-corrected chi connectivity index (χ4v) is 4.74. The maximum Gasteiger partial charge on any atom is 0.191 e. The van der Waals surface area contributed by atoms with Crippen LogP contribution in [0.25, 0.3) is 0 Å². The van der Waals surface area contributed by atoms with Crippen molar-refractivity contribution in [2.75, 3.05) is 38.5 Å². The van der Waals surface area contributed by atoms with Crippen LogP contribution in [0.5, 0.6) is 0 Å². The Bertz CT molecular complexity index is 372. The number of thioether (sulfide) groups is 1. The van der Waals surface area contributed by atoms with Crippen molar-refractivity contribution in [2.24, 2.45) is 4.99 Å². The maximum absolute atomic E-state index is 9.55. The van der Waals surface area contributed by atoms with Gasteiger partial charge in [-0.2, -0.15) is 11.8 Å². The van der Waals surface area contributed by atoms with Crippen LogP contribution in [0.1, 0.15) is 52.4 Å². The molecule has 0 aromatic heterocycles. The number of aliphatic hydroxyl groups excluding tert-OH is 1. The SMILES string of the molecule is CCNC(=NCCCN1CCC(O)CC1)NC1CCC(SCC)C1. The Hall–Kier alpha value is -0.460. The molecule has 6 heteroatoms. The topological polar surface area (TPSA) is 59.9 Å². The molecule has 0 spiro atoms. The number of likely N-dealkylation sites (tertiary alicyclic amines) is 1. The van der Waals surface area contributed by atoms with E-state index in [1.165, 1.54) is 25.0 Å². The van der Waals surface area contributed by atoms with Gasteiger partial charge in [0.2, 0.25) is 0 Å². The van der Waals surface area contributed by atoms with Crippen molar-refractivity contribution in [3.8, 4) is 0 Å². The van der Waals surface area contributed by atoms with Crippen LogP contribution in [0.15, 0.2) is 4.99 Å². The number of rotatable bonds is 8. The van der Waals surface area contributed by atoms with E-state index in [0.29, 0.717) is 6.04 Å². The molecule has 0 aromatic carbocycles. The molecule has 3 N–H and O–H groups in total. The average molecular weight is 357 g/mol. The summed E-state index contributed by atoms with van der Waals surface area (Å²) in [6.45, 7) is 9.31. The highest BCUT2D eigenvalue weighted by molar-refractivity contribution is 7.99. The number of guanidine groups is 1. The summed E-state index contributed by atoms with van der Waals surface area (Å²) >= 11 is 2.10. The van der Waals surface area contributed by atoms with Gasteiger partial charge in [-0.15, -0.1) is 0 Å². The number of hydrogen-bond acceptors (Lipinski definition) is 4. The quantitative estimate of drug-likeness (QED) is 0.353. The van der Waals surface area contributed by atoms with Crippen LogP contribution >= 0.6 is 11.8 Å². The zero-order chi connectivity index (χ0) is 17.2. The second kappa shape index (κ2) is 11.2. The highest BCUT2D eigenvalue weighted by Crippen LogP contribution is 2.29. The van der Waals surface area contributed by atoms with Gasteiger partial charge in [-0.3, -0.25) is 4.99 Å². The largest absolute Gasteiger partial charge is 0.393 e. The van der Waals surface area contributed by atoms with Crippen molar-refractivity contribution >= 4 is 17.7 Å². The molecular weight excluding hydrogens is 320 g/mol. The van der Waals surface area contributed by atoms with Gasteiger partial charge in [0.05, 0.1) is 6.10 Å². The third kappa shape index (κ3) is 7.19. The van der Waals surface area contributed by atoms with E-state index in [0.717, 1.165) is 63.2 Å². The Morgan fingerprint density at radius 1 is 1.21 bits per heavy atom. The van der Waals surface area contributed by atoms with Gasteiger partial charge in [-0.05, 0) is 57.7 Å². The Balaban J connectivity index is 1.66. The van der Waals surface area contributed by atoms with Gasteiger partial charge in [0.1, 0.15) is 0 Å². The Morgan fingerprint density at radius 2 is 2.00 bits per heavy atom. The minimum absolute atomic E-state index is 0.0788. The minimum Gasteiger partial charge on any atom is -0.393 e. The summed E-state index contributed by atoms with van der Waals surface area (Å²) < 4.78 is 0. The molecule has 24 heavy (non-hydrogen) atoms. The summed E-state index contributed by atoms with van der Waals surface area (Å²) in [6, 6.07) is 0.579. The van der Waals surface area contributed by atoms with E-state index >= 15 is 0 Å². The predicted octanol–water partition coefficient (Wildman–Crippen LogP) is 2.06. The number of aliphatic hydroxyl groups is 1. The van der Waals surface area contributed by atoms with Gasteiger partial charge in [0.15, 0.2) is 5.96 Å². The average Bonchev–Trinajstić information content (AvgIpc) is 3.01. The number of hydrogen-bond donors (Lipinski definition) is 3. The molecule has 2 unspecified atom stereocenters. The predicted molar refractivity (Wildman–Crippen MR) is 105 cm³/mol. The molecule has 0 radical (unpaired) electrons. The minimum atomic E-state index is -0.0788. The van der Waals surface area contributed by atoms with Crippen LogP contribution in [-0.2, 0) is 0 Å². The molecule has 1 saturated heterocycles. The van der Waals surface area contributed by atoms with Crippen LogP contribution in [0.2, 0.25) is 0 Å². The number of nitrogens with zero attached hydrogens (tertiary/aromatic N) is 2. The van der Waals surface area contributed by atoms with Crippen molar-refractivity contribution in [1.82, 2.24) is 15.5 Å². The number of aliphatic imine (C=N–C) groups is 1. The monoisotopic (exact) mass is 356 g/mol. The van der Waals surface area contributed by atoms with E-state index in [2.05, 4.69) is 41.1 Å². The van der Waals surface area contributed by atoms with E-state index < -0.39 is 0 Å². The van der Waals surface area contributed by atoms with Crippen LogP contribution in [0, 0.1) is 0 Å². The second-order valence-corrected chi connectivity index (χ2v) is 8.50. The Labute approximate surface area is 152 Å². The van der Waals surface area contributed by atoms with E-state index in [1.807, 2.05) is 0 Å². The summed E-state index contributed by atoms with van der Waals surface area (Å²) in [4.78, 5) is 7.21. The zero-order valence-electron chi connectivity index (χ0n) is 15.5. The molecule has 1 heterocycles. The smallest absolute Gasteiger partial charge is 0.191 e. The summed E-state index contributed by atoms with van der Waals surface area (Å²) in [5.41, 5.74) is 0. The van der Waals surface area contributed by atoms with E-state index in [9.17, 15) is 5.11 Å². The lowest BCUT2D eigenvalue weighted by Gasteiger charge is -2.29. The van der Waals surface area contributed by atoms with Gasteiger partial charge < -0.3 is 20.6 Å². The van der Waals surface area contributed by atoms with Crippen molar-refractivity contribution < 1.29 is 5.11 Å². The first-order chi connectivity index (χ1) is 11.7.